The van der Waals surface area contributed by atoms with E-state index in [4.69, 9.17) is 4.74 Å². The topological polar surface area (TPSA) is 32.7 Å². The van der Waals surface area contributed by atoms with Crippen molar-refractivity contribution in [2.75, 3.05) is 20.7 Å². The Kier molecular flexibility index (Phi) is 5.37. The third-order valence-electron chi connectivity index (χ3n) is 3.68. The van der Waals surface area contributed by atoms with Crippen molar-refractivity contribution >= 4 is 0 Å². The van der Waals surface area contributed by atoms with E-state index in [0.29, 0.717) is 6.54 Å². The van der Waals surface area contributed by atoms with Crippen LogP contribution >= 0.6 is 0 Å². The Morgan fingerprint density at radius 1 is 1.10 bits per heavy atom. The molecular formula is C18H23NO2. The van der Waals surface area contributed by atoms with Crippen LogP contribution in [0.2, 0.25) is 0 Å². The van der Waals surface area contributed by atoms with Gasteiger partial charge in [-0.1, -0.05) is 42.5 Å². The van der Waals surface area contributed by atoms with E-state index in [0.717, 1.165) is 17.9 Å². The number of aliphatic hydroxyl groups excluding tert-OH is 1. The van der Waals surface area contributed by atoms with Crippen LogP contribution in [-0.2, 0) is 6.54 Å². The summed E-state index contributed by atoms with van der Waals surface area (Å²) in [6, 6.07) is 15.9. The number of hydrogen-bond acceptors (Lipinski definition) is 3. The van der Waals surface area contributed by atoms with Gasteiger partial charge in [-0.25, -0.2) is 0 Å². The van der Waals surface area contributed by atoms with Crippen LogP contribution < -0.4 is 4.74 Å². The van der Waals surface area contributed by atoms with Gasteiger partial charge in [0.05, 0.1) is 13.2 Å². The quantitative estimate of drug-likeness (QED) is 0.885. The zero-order valence-electron chi connectivity index (χ0n) is 12.9. The van der Waals surface area contributed by atoms with Gasteiger partial charge in [-0.2, -0.15) is 0 Å². The number of likely N-dealkylation sites (N-methyl/N-ethyl adjacent to an activating group) is 1. The van der Waals surface area contributed by atoms with E-state index >= 15 is 0 Å². The van der Waals surface area contributed by atoms with Gasteiger partial charge in [-0.15, -0.1) is 0 Å². The van der Waals surface area contributed by atoms with Crippen molar-refractivity contribution in [2.24, 2.45) is 0 Å². The lowest BCUT2D eigenvalue weighted by Gasteiger charge is -2.22. The second kappa shape index (κ2) is 7.25. The SMILES string of the molecule is COc1ccccc1C(O)CN(C)Cc1ccccc1C. The molecule has 0 radical (unpaired) electrons. The fraction of sp³-hybridized carbons (Fsp3) is 0.333. The van der Waals surface area contributed by atoms with E-state index in [9.17, 15) is 5.11 Å². The average molecular weight is 285 g/mol. The summed E-state index contributed by atoms with van der Waals surface area (Å²) in [6.07, 6.45) is -0.560. The van der Waals surface area contributed by atoms with Crippen LogP contribution in [-0.4, -0.2) is 30.7 Å². The number of hydrogen-bond donors (Lipinski definition) is 1. The van der Waals surface area contributed by atoms with Crippen LogP contribution in [0.4, 0.5) is 0 Å². The van der Waals surface area contributed by atoms with E-state index in [1.807, 2.05) is 43.4 Å². The van der Waals surface area contributed by atoms with Gasteiger partial charge in [0.25, 0.3) is 0 Å². The number of nitrogens with zero attached hydrogens (tertiary/aromatic N) is 1. The summed E-state index contributed by atoms with van der Waals surface area (Å²) in [7, 11) is 3.65. The highest BCUT2D eigenvalue weighted by Crippen LogP contribution is 2.25. The highest BCUT2D eigenvalue weighted by Gasteiger charge is 2.15. The summed E-state index contributed by atoms with van der Waals surface area (Å²) in [5.74, 6) is 0.731. The molecule has 1 unspecified atom stereocenters. The second-order valence-electron chi connectivity index (χ2n) is 5.38. The molecule has 0 aliphatic rings. The predicted molar refractivity (Wildman–Crippen MR) is 85.5 cm³/mol. The zero-order chi connectivity index (χ0) is 15.2. The first-order chi connectivity index (χ1) is 10.1. The average Bonchev–Trinajstić information content (AvgIpc) is 2.49. The normalized spacial score (nSPS) is 12.4. The zero-order valence-corrected chi connectivity index (χ0v) is 12.9. The van der Waals surface area contributed by atoms with Crippen molar-refractivity contribution in [1.29, 1.82) is 0 Å². The maximum Gasteiger partial charge on any atom is 0.124 e. The molecule has 1 atom stereocenters. The molecule has 1 N–H and O–H groups in total. The summed E-state index contributed by atoms with van der Waals surface area (Å²) >= 11 is 0. The first-order valence-corrected chi connectivity index (χ1v) is 7.16. The first-order valence-electron chi connectivity index (χ1n) is 7.16. The molecule has 0 aliphatic carbocycles. The lowest BCUT2D eigenvalue weighted by molar-refractivity contribution is 0.121. The Labute approximate surface area is 126 Å². The molecule has 21 heavy (non-hydrogen) atoms. The van der Waals surface area contributed by atoms with Gasteiger partial charge < -0.3 is 9.84 Å². The number of rotatable bonds is 6. The third kappa shape index (κ3) is 4.06. The number of aliphatic hydroxyl groups is 1. The Balaban J connectivity index is 2.02. The number of methoxy groups -OCH3 is 1. The number of para-hydroxylation sites is 1. The van der Waals surface area contributed by atoms with Gasteiger partial charge in [0, 0.05) is 18.7 Å². The fourth-order valence-corrected chi connectivity index (χ4v) is 2.48. The molecule has 2 aromatic carbocycles. The molecule has 0 bridgehead atoms. The largest absolute Gasteiger partial charge is 0.496 e. The molecule has 0 saturated heterocycles. The smallest absolute Gasteiger partial charge is 0.124 e. The van der Waals surface area contributed by atoms with Gasteiger partial charge in [-0.05, 0) is 31.2 Å². The Morgan fingerprint density at radius 3 is 2.48 bits per heavy atom. The molecule has 2 aromatic rings. The van der Waals surface area contributed by atoms with Crippen LogP contribution in [0.1, 0.15) is 22.8 Å². The minimum absolute atomic E-state index is 0.560. The van der Waals surface area contributed by atoms with Crippen molar-refractivity contribution in [2.45, 2.75) is 19.6 Å². The standard InChI is InChI=1S/C18H23NO2/c1-14-8-4-5-9-15(14)12-19(2)13-17(20)16-10-6-7-11-18(16)21-3/h4-11,17,20H,12-13H2,1-3H3. The monoisotopic (exact) mass is 285 g/mol. The van der Waals surface area contributed by atoms with Crippen LogP contribution in [0, 0.1) is 6.92 Å². The number of benzene rings is 2. The van der Waals surface area contributed by atoms with E-state index in [1.54, 1.807) is 7.11 Å². The van der Waals surface area contributed by atoms with Crippen LogP contribution in [0.15, 0.2) is 48.5 Å². The van der Waals surface area contributed by atoms with Gasteiger partial charge >= 0.3 is 0 Å². The highest BCUT2D eigenvalue weighted by molar-refractivity contribution is 5.35. The molecule has 0 spiro atoms. The minimum atomic E-state index is -0.560. The molecule has 2 rings (SSSR count). The summed E-state index contributed by atoms with van der Waals surface area (Å²) in [5, 5.41) is 10.4. The maximum absolute atomic E-state index is 10.4. The molecule has 0 amide bonds. The molecule has 0 aliphatic heterocycles. The van der Waals surface area contributed by atoms with E-state index in [1.165, 1.54) is 11.1 Å². The molecule has 112 valence electrons. The summed E-state index contributed by atoms with van der Waals surface area (Å²) in [6.45, 7) is 3.49. The van der Waals surface area contributed by atoms with Crippen LogP contribution in [0.3, 0.4) is 0 Å². The summed E-state index contributed by atoms with van der Waals surface area (Å²) in [4.78, 5) is 2.12. The van der Waals surface area contributed by atoms with E-state index in [-0.39, 0.29) is 0 Å². The molecule has 0 aromatic heterocycles. The van der Waals surface area contributed by atoms with Gasteiger partial charge in [0.15, 0.2) is 0 Å². The number of aryl methyl sites for hydroxylation is 1. The van der Waals surface area contributed by atoms with E-state index < -0.39 is 6.10 Å². The summed E-state index contributed by atoms with van der Waals surface area (Å²) in [5.41, 5.74) is 3.39. The second-order valence-corrected chi connectivity index (χ2v) is 5.38. The van der Waals surface area contributed by atoms with Crippen LogP contribution in [0.5, 0.6) is 5.75 Å². The molecule has 3 nitrogen and oxygen atoms in total. The first kappa shape index (κ1) is 15.5. The van der Waals surface area contributed by atoms with Crippen molar-refractivity contribution in [3.63, 3.8) is 0 Å². The fourth-order valence-electron chi connectivity index (χ4n) is 2.48. The lowest BCUT2D eigenvalue weighted by Crippen LogP contribution is -2.24. The Morgan fingerprint density at radius 2 is 1.76 bits per heavy atom. The number of ether oxygens (including phenoxy) is 1. The summed E-state index contributed by atoms with van der Waals surface area (Å²) < 4.78 is 5.31. The molecule has 0 saturated carbocycles. The van der Waals surface area contributed by atoms with Crippen molar-refractivity contribution < 1.29 is 9.84 Å². The van der Waals surface area contributed by atoms with Crippen molar-refractivity contribution in [3.05, 3.63) is 65.2 Å². The Bertz CT molecular complexity index is 583. The highest BCUT2D eigenvalue weighted by atomic mass is 16.5. The van der Waals surface area contributed by atoms with Gasteiger partial charge in [-0.3, -0.25) is 4.90 Å². The lowest BCUT2D eigenvalue weighted by atomic mass is 10.1. The van der Waals surface area contributed by atoms with Gasteiger partial charge in [0.1, 0.15) is 5.75 Å². The maximum atomic E-state index is 10.4. The molecule has 3 heteroatoms. The molecular weight excluding hydrogens is 262 g/mol. The van der Waals surface area contributed by atoms with E-state index in [2.05, 4.69) is 24.0 Å². The molecule has 0 fully saturated rings. The third-order valence-corrected chi connectivity index (χ3v) is 3.68. The Hall–Kier alpha value is -1.84. The van der Waals surface area contributed by atoms with Crippen molar-refractivity contribution in [1.82, 2.24) is 4.90 Å². The molecule has 0 heterocycles. The van der Waals surface area contributed by atoms with Crippen molar-refractivity contribution in [3.8, 4) is 5.75 Å². The van der Waals surface area contributed by atoms with Gasteiger partial charge in [0.2, 0.25) is 0 Å². The van der Waals surface area contributed by atoms with Crippen LogP contribution in [0.25, 0.3) is 0 Å². The minimum Gasteiger partial charge on any atom is -0.496 e. The predicted octanol–water partition coefficient (Wildman–Crippen LogP) is 3.17.